The zero-order chi connectivity index (χ0) is 55.7. The number of carbonyl (C=O) groups is 3. The van der Waals surface area contributed by atoms with Crippen LogP contribution < -0.4 is 0 Å². The van der Waals surface area contributed by atoms with Crippen LogP contribution in [0.3, 0.4) is 0 Å². The van der Waals surface area contributed by atoms with Crippen molar-refractivity contribution in [1.29, 1.82) is 0 Å². The summed E-state index contributed by atoms with van der Waals surface area (Å²) in [5, 5.41) is 0. The lowest BCUT2D eigenvalue weighted by Crippen LogP contribution is -2.30. The van der Waals surface area contributed by atoms with Crippen molar-refractivity contribution in [3.8, 4) is 0 Å². The van der Waals surface area contributed by atoms with Gasteiger partial charge in [-0.3, -0.25) is 14.4 Å². The fraction of sp³-hybridized carbons (Fsp3) is 0.761. The first-order valence-corrected chi connectivity index (χ1v) is 33.1. The van der Waals surface area contributed by atoms with Crippen molar-refractivity contribution in [3.63, 3.8) is 0 Å². The third kappa shape index (κ3) is 63.3. The van der Waals surface area contributed by atoms with Crippen LogP contribution in [0.4, 0.5) is 0 Å². The van der Waals surface area contributed by atoms with Crippen LogP contribution in [-0.2, 0) is 28.6 Å². The molecule has 0 aromatic heterocycles. The summed E-state index contributed by atoms with van der Waals surface area (Å²) in [5.74, 6) is -0.928. The SMILES string of the molecule is CC/C=C\C/C=C\C/C=C\CCCCCCCC(=O)OC(COC(=O)CCCCC/C=C\C/C=C\C/C=C\CC)COC(=O)CCCCCCCCCCCCCCCCCCCCC/C=C\CCCCCCCCCC. The Balaban J connectivity index is 4.17. The normalized spacial score (nSPS) is 12.6. The second kappa shape index (κ2) is 65.1. The number of carbonyl (C=O) groups excluding carboxylic acids is 3. The number of hydrogen-bond donors (Lipinski definition) is 0. The van der Waals surface area contributed by atoms with Crippen LogP contribution >= 0.6 is 0 Å². The van der Waals surface area contributed by atoms with Crippen molar-refractivity contribution in [2.75, 3.05) is 13.2 Å². The molecule has 0 spiro atoms. The number of hydrogen-bond acceptors (Lipinski definition) is 6. The maximum Gasteiger partial charge on any atom is 0.306 e. The summed E-state index contributed by atoms with van der Waals surface area (Å²) in [4.78, 5) is 38.2. The highest BCUT2D eigenvalue weighted by Crippen LogP contribution is 2.17. The van der Waals surface area contributed by atoms with Crippen molar-refractivity contribution in [1.82, 2.24) is 0 Å². The largest absolute Gasteiger partial charge is 0.462 e. The first kappa shape index (κ1) is 73.6. The highest BCUT2D eigenvalue weighted by Gasteiger charge is 2.19. The summed E-state index contributed by atoms with van der Waals surface area (Å²) in [6.07, 6.45) is 86.3. The molecule has 0 heterocycles. The molecular weight excluding hydrogens is 949 g/mol. The van der Waals surface area contributed by atoms with Gasteiger partial charge in [-0.15, -0.1) is 0 Å². The topological polar surface area (TPSA) is 78.9 Å². The van der Waals surface area contributed by atoms with Gasteiger partial charge in [0, 0.05) is 19.3 Å². The molecule has 0 aliphatic heterocycles. The van der Waals surface area contributed by atoms with E-state index in [2.05, 4.69) is 106 Å². The van der Waals surface area contributed by atoms with Gasteiger partial charge in [0.05, 0.1) is 0 Å². The molecule has 444 valence electrons. The van der Waals surface area contributed by atoms with Crippen molar-refractivity contribution in [3.05, 3.63) is 85.1 Å². The number of unbranched alkanes of at least 4 members (excludes halogenated alkanes) is 35. The zero-order valence-electron chi connectivity index (χ0n) is 51.0. The van der Waals surface area contributed by atoms with Crippen molar-refractivity contribution < 1.29 is 28.6 Å². The minimum absolute atomic E-state index is 0.0912. The fourth-order valence-corrected chi connectivity index (χ4v) is 9.47. The van der Waals surface area contributed by atoms with Crippen LogP contribution in [0.25, 0.3) is 0 Å². The van der Waals surface area contributed by atoms with Gasteiger partial charge in [0.2, 0.25) is 0 Å². The van der Waals surface area contributed by atoms with Gasteiger partial charge in [0.25, 0.3) is 0 Å². The first-order valence-electron chi connectivity index (χ1n) is 33.1. The van der Waals surface area contributed by atoms with Gasteiger partial charge in [-0.25, -0.2) is 0 Å². The van der Waals surface area contributed by atoms with Gasteiger partial charge in [0.1, 0.15) is 13.2 Å². The van der Waals surface area contributed by atoms with E-state index in [1.165, 1.54) is 167 Å². The molecule has 0 N–H and O–H groups in total. The van der Waals surface area contributed by atoms with Gasteiger partial charge in [-0.2, -0.15) is 0 Å². The summed E-state index contributed by atoms with van der Waals surface area (Å²) in [6, 6.07) is 0. The number of esters is 3. The highest BCUT2D eigenvalue weighted by atomic mass is 16.6. The van der Waals surface area contributed by atoms with Crippen LogP contribution in [-0.4, -0.2) is 37.2 Å². The van der Waals surface area contributed by atoms with Gasteiger partial charge in [-0.05, 0) is 109 Å². The molecule has 77 heavy (non-hydrogen) atoms. The average Bonchev–Trinajstić information content (AvgIpc) is 3.43. The Morgan fingerprint density at radius 2 is 0.506 bits per heavy atom. The molecule has 1 atom stereocenters. The van der Waals surface area contributed by atoms with Gasteiger partial charge in [0.15, 0.2) is 6.10 Å². The maximum atomic E-state index is 12.9. The van der Waals surface area contributed by atoms with E-state index in [9.17, 15) is 14.4 Å². The summed E-state index contributed by atoms with van der Waals surface area (Å²) in [7, 11) is 0. The Labute approximate surface area is 477 Å². The van der Waals surface area contributed by atoms with Crippen molar-refractivity contribution >= 4 is 17.9 Å². The van der Waals surface area contributed by atoms with Crippen LogP contribution in [0, 0.1) is 0 Å². The van der Waals surface area contributed by atoms with Crippen LogP contribution in [0.1, 0.15) is 329 Å². The molecule has 1 unspecified atom stereocenters. The summed E-state index contributed by atoms with van der Waals surface area (Å²) in [5.41, 5.74) is 0. The van der Waals surface area contributed by atoms with Crippen molar-refractivity contribution in [2.45, 2.75) is 335 Å². The molecule has 0 aromatic carbocycles. The smallest absolute Gasteiger partial charge is 0.306 e. The zero-order valence-corrected chi connectivity index (χ0v) is 51.0. The average molecular weight is 1070 g/mol. The van der Waals surface area contributed by atoms with E-state index >= 15 is 0 Å². The van der Waals surface area contributed by atoms with Crippen LogP contribution in [0.15, 0.2) is 85.1 Å². The molecular formula is C71H124O6. The lowest BCUT2D eigenvalue weighted by atomic mass is 10.0. The second-order valence-corrected chi connectivity index (χ2v) is 22.0. The lowest BCUT2D eigenvalue weighted by Gasteiger charge is -2.18. The third-order valence-electron chi connectivity index (χ3n) is 14.4. The summed E-state index contributed by atoms with van der Waals surface area (Å²) in [6.45, 7) is 6.40. The highest BCUT2D eigenvalue weighted by molar-refractivity contribution is 5.71. The second-order valence-electron chi connectivity index (χ2n) is 22.0. The van der Waals surface area contributed by atoms with Gasteiger partial charge >= 0.3 is 17.9 Å². The van der Waals surface area contributed by atoms with E-state index in [0.717, 1.165) is 122 Å². The number of ether oxygens (including phenoxy) is 3. The number of rotatable bonds is 60. The van der Waals surface area contributed by atoms with Crippen LogP contribution in [0.5, 0.6) is 0 Å². The predicted octanol–water partition coefficient (Wildman–Crippen LogP) is 22.7. The third-order valence-corrected chi connectivity index (χ3v) is 14.4. The molecule has 0 saturated heterocycles. The van der Waals surface area contributed by atoms with E-state index in [-0.39, 0.29) is 31.1 Å². The molecule has 0 saturated carbocycles. The number of allylic oxidation sites excluding steroid dienone is 14. The molecule has 6 heteroatoms. The Morgan fingerprint density at radius 1 is 0.273 bits per heavy atom. The Bertz CT molecular complexity index is 1470. The van der Waals surface area contributed by atoms with E-state index in [1.807, 2.05) is 0 Å². The fourth-order valence-electron chi connectivity index (χ4n) is 9.47. The Morgan fingerprint density at radius 3 is 0.818 bits per heavy atom. The van der Waals surface area contributed by atoms with E-state index in [4.69, 9.17) is 14.2 Å². The molecule has 0 radical (unpaired) electrons. The monoisotopic (exact) mass is 1070 g/mol. The van der Waals surface area contributed by atoms with Crippen molar-refractivity contribution in [2.24, 2.45) is 0 Å². The molecule has 0 aliphatic carbocycles. The van der Waals surface area contributed by atoms with E-state index < -0.39 is 6.10 Å². The van der Waals surface area contributed by atoms with E-state index in [0.29, 0.717) is 19.3 Å². The summed E-state index contributed by atoms with van der Waals surface area (Å²) >= 11 is 0. The molecule has 0 fully saturated rings. The maximum absolute atomic E-state index is 12.9. The van der Waals surface area contributed by atoms with Crippen LogP contribution in [0.2, 0.25) is 0 Å². The standard InChI is InChI=1S/C71H124O6/c1-4-7-10-13-16-19-22-25-27-28-29-30-31-32-33-34-35-36-37-38-39-40-41-42-44-46-49-52-55-58-61-64-70(73)76-67-68(66-75-69(72)63-60-57-54-51-48-45-24-21-18-15-12-9-6-3)77-71(74)65-62-59-56-53-50-47-43-26-23-20-17-14-11-8-5-2/h8-9,11-12,17-18,20-21,26,28-29,43,45,48,68H,4-7,10,13-16,19,22-25,27,30-42,44,46-47,49-67H2,1-3H3/b11-8-,12-9-,20-17-,21-18-,29-28-,43-26-,48-45-. The molecule has 0 aliphatic rings. The van der Waals surface area contributed by atoms with Gasteiger partial charge < -0.3 is 14.2 Å². The molecule has 0 bridgehead atoms. The minimum Gasteiger partial charge on any atom is -0.462 e. The lowest BCUT2D eigenvalue weighted by molar-refractivity contribution is -0.167. The molecule has 0 aromatic rings. The Hall–Kier alpha value is -3.41. The quantitative estimate of drug-likeness (QED) is 0.0261. The minimum atomic E-state index is -0.798. The molecule has 0 amide bonds. The van der Waals surface area contributed by atoms with E-state index in [1.54, 1.807) is 0 Å². The molecule has 6 nitrogen and oxygen atoms in total. The summed E-state index contributed by atoms with van der Waals surface area (Å²) < 4.78 is 16.9. The molecule has 0 rings (SSSR count). The predicted molar refractivity (Wildman–Crippen MR) is 334 cm³/mol. The first-order chi connectivity index (χ1) is 38.0. The Kier molecular flexibility index (Phi) is 62.2. The van der Waals surface area contributed by atoms with Gasteiger partial charge in [-0.1, -0.05) is 286 Å².